The van der Waals surface area contributed by atoms with Gasteiger partial charge in [-0.15, -0.1) is 10.2 Å². The van der Waals surface area contributed by atoms with Crippen LogP contribution >= 0.6 is 15.9 Å². The number of nitrogens with zero attached hydrogens (tertiary/aromatic N) is 4. The number of aromatic nitrogens is 3. The number of benzene rings is 1. The van der Waals surface area contributed by atoms with E-state index in [1.165, 1.54) is 6.42 Å². The highest BCUT2D eigenvalue weighted by atomic mass is 79.9. The number of fused-ring (bicyclic) bond motifs is 1. The number of sulfonamides is 1. The number of rotatable bonds is 3. The monoisotopic (exact) mass is 452 g/mol. The van der Waals surface area contributed by atoms with Crippen LogP contribution in [0.15, 0.2) is 27.6 Å². The molecule has 0 aliphatic carbocycles. The summed E-state index contributed by atoms with van der Waals surface area (Å²) in [6.07, 6.45) is 6.30. The van der Waals surface area contributed by atoms with Crippen LogP contribution in [0.4, 0.5) is 0 Å². The number of aryl methyl sites for hydroxylation is 2. The molecule has 0 N–H and O–H groups in total. The SMILES string of the molecule is Cc1ccc(Br)cc1S(=O)(=O)N1CCCC(c2nnc3n2CCCCC3)C1. The molecule has 8 heteroatoms. The van der Waals surface area contributed by atoms with Crippen LogP contribution in [0, 0.1) is 6.92 Å². The zero-order valence-corrected chi connectivity index (χ0v) is 18.0. The van der Waals surface area contributed by atoms with Crippen LogP contribution in [0.1, 0.15) is 55.2 Å². The summed E-state index contributed by atoms with van der Waals surface area (Å²) in [6, 6.07) is 5.42. The van der Waals surface area contributed by atoms with Gasteiger partial charge < -0.3 is 4.57 Å². The minimum Gasteiger partial charge on any atom is -0.315 e. The third kappa shape index (κ3) is 3.71. The minimum atomic E-state index is -3.52. The Morgan fingerprint density at radius 3 is 2.81 bits per heavy atom. The van der Waals surface area contributed by atoms with Crippen molar-refractivity contribution in [1.82, 2.24) is 19.1 Å². The summed E-state index contributed by atoms with van der Waals surface area (Å²) in [6.45, 7) is 3.84. The van der Waals surface area contributed by atoms with E-state index in [-0.39, 0.29) is 5.92 Å². The van der Waals surface area contributed by atoms with Crippen molar-refractivity contribution in [3.63, 3.8) is 0 Å². The summed E-state index contributed by atoms with van der Waals surface area (Å²) < 4.78 is 31.2. The Morgan fingerprint density at radius 2 is 1.96 bits per heavy atom. The predicted molar refractivity (Wildman–Crippen MR) is 107 cm³/mol. The van der Waals surface area contributed by atoms with E-state index in [2.05, 4.69) is 30.7 Å². The largest absolute Gasteiger partial charge is 0.315 e. The van der Waals surface area contributed by atoms with Crippen LogP contribution in [0.2, 0.25) is 0 Å². The lowest BCUT2D eigenvalue weighted by atomic mass is 9.99. The van der Waals surface area contributed by atoms with E-state index in [0.29, 0.717) is 18.0 Å². The van der Waals surface area contributed by atoms with Crippen LogP contribution in [0.5, 0.6) is 0 Å². The molecule has 0 saturated carbocycles. The summed E-state index contributed by atoms with van der Waals surface area (Å²) in [7, 11) is -3.52. The minimum absolute atomic E-state index is 0.111. The van der Waals surface area contributed by atoms with E-state index in [0.717, 1.165) is 60.3 Å². The summed E-state index contributed by atoms with van der Waals surface area (Å²) in [5, 5.41) is 8.87. The maximum atomic E-state index is 13.3. The van der Waals surface area contributed by atoms with Crippen LogP contribution < -0.4 is 0 Å². The van der Waals surface area contributed by atoms with E-state index in [1.807, 2.05) is 19.1 Å². The van der Waals surface area contributed by atoms with Gasteiger partial charge in [-0.25, -0.2) is 8.42 Å². The normalized spacial score (nSPS) is 21.6. The average Bonchev–Trinajstić information content (AvgIpc) is 2.92. The zero-order chi connectivity index (χ0) is 19.0. The van der Waals surface area contributed by atoms with Crippen molar-refractivity contribution in [2.75, 3.05) is 13.1 Å². The molecule has 1 aromatic heterocycles. The molecule has 0 amide bonds. The highest BCUT2D eigenvalue weighted by molar-refractivity contribution is 9.10. The number of hydrogen-bond donors (Lipinski definition) is 0. The van der Waals surface area contributed by atoms with Crippen LogP contribution in [0.3, 0.4) is 0 Å². The maximum absolute atomic E-state index is 13.3. The molecular weight excluding hydrogens is 428 g/mol. The molecule has 2 aromatic rings. The van der Waals surface area contributed by atoms with Crippen LogP contribution in [-0.2, 0) is 23.0 Å². The van der Waals surface area contributed by atoms with Crippen molar-refractivity contribution < 1.29 is 8.42 Å². The van der Waals surface area contributed by atoms with Gasteiger partial charge in [0.25, 0.3) is 0 Å². The molecule has 0 spiro atoms. The Bertz CT molecular complexity index is 941. The van der Waals surface area contributed by atoms with Gasteiger partial charge in [0.1, 0.15) is 11.6 Å². The van der Waals surface area contributed by atoms with Crippen LogP contribution in [-0.4, -0.2) is 40.6 Å². The first-order valence-electron chi connectivity index (χ1n) is 9.65. The highest BCUT2D eigenvalue weighted by Gasteiger charge is 2.34. The fourth-order valence-corrected chi connectivity index (χ4v) is 6.46. The van der Waals surface area contributed by atoms with Gasteiger partial charge in [0, 0.05) is 36.4 Å². The molecule has 146 valence electrons. The molecule has 27 heavy (non-hydrogen) atoms. The zero-order valence-electron chi connectivity index (χ0n) is 15.6. The van der Waals surface area contributed by atoms with Crippen molar-refractivity contribution in [3.05, 3.63) is 39.9 Å². The Labute approximate surface area is 169 Å². The van der Waals surface area contributed by atoms with Gasteiger partial charge in [-0.3, -0.25) is 0 Å². The fourth-order valence-electron chi connectivity index (χ4n) is 4.17. The Kier molecular flexibility index (Phi) is 5.40. The van der Waals surface area contributed by atoms with Crippen LogP contribution in [0.25, 0.3) is 0 Å². The second-order valence-electron chi connectivity index (χ2n) is 7.55. The predicted octanol–water partition coefficient (Wildman–Crippen LogP) is 3.64. The Morgan fingerprint density at radius 1 is 1.11 bits per heavy atom. The average molecular weight is 453 g/mol. The molecule has 3 heterocycles. The fraction of sp³-hybridized carbons (Fsp3) is 0.579. The van der Waals surface area contributed by atoms with Crippen molar-refractivity contribution in [2.45, 2.75) is 62.8 Å². The Hall–Kier alpha value is -1.25. The smallest absolute Gasteiger partial charge is 0.243 e. The second kappa shape index (κ2) is 7.64. The number of hydrogen-bond acceptors (Lipinski definition) is 4. The first kappa shape index (κ1) is 19.1. The lowest BCUT2D eigenvalue weighted by molar-refractivity contribution is 0.303. The first-order chi connectivity index (χ1) is 13.0. The molecule has 1 fully saturated rings. The van der Waals surface area contributed by atoms with E-state index in [4.69, 9.17) is 0 Å². The molecule has 2 aliphatic rings. The summed E-state index contributed by atoms with van der Waals surface area (Å²) in [5.41, 5.74) is 0.775. The topological polar surface area (TPSA) is 68.1 Å². The lowest BCUT2D eigenvalue weighted by Gasteiger charge is -2.32. The van der Waals surface area contributed by atoms with Gasteiger partial charge in [-0.2, -0.15) is 4.31 Å². The molecular formula is C19H25BrN4O2S. The van der Waals surface area contributed by atoms with Gasteiger partial charge in [-0.05, 0) is 50.3 Å². The molecule has 6 nitrogen and oxygen atoms in total. The van der Waals surface area contributed by atoms with E-state index in [1.54, 1.807) is 10.4 Å². The lowest BCUT2D eigenvalue weighted by Crippen LogP contribution is -2.40. The van der Waals surface area contributed by atoms with E-state index in [9.17, 15) is 8.42 Å². The third-order valence-electron chi connectivity index (χ3n) is 5.66. The van der Waals surface area contributed by atoms with Crippen molar-refractivity contribution in [3.8, 4) is 0 Å². The van der Waals surface area contributed by atoms with Gasteiger partial charge in [0.05, 0.1) is 4.90 Å². The van der Waals surface area contributed by atoms with Gasteiger partial charge in [0.2, 0.25) is 10.0 Å². The maximum Gasteiger partial charge on any atom is 0.243 e. The standard InChI is InChI=1S/C19H25BrN4O2S/c1-14-8-9-16(20)12-17(14)27(25,26)23-10-5-6-15(13-23)19-22-21-18-7-3-2-4-11-24(18)19/h8-9,12,15H,2-7,10-11,13H2,1H3. The van der Waals surface area contributed by atoms with E-state index >= 15 is 0 Å². The molecule has 2 aliphatic heterocycles. The third-order valence-corrected chi connectivity index (χ3v) is 8.16. The Balaban J connectivity index is 1.62. The second-order valence-corrected chi connectivity index (χ2v) is 10.4. The number of piperidine rings is 1. The first-order valence-corrected chi connectivity index (χ1v) is 11.9. The van der Waals surface area contributed by atoms with Gasteiger partial charge in [-0.1, -0.05) is 28.4 Å². The van der Waals surface area contributed by atoms with Gasteiger partial charge in [0.15, 0.2) is 0 Å². The van der Waals surface area contributed by atoms with Crippen molar-refractivity contribution in [2.24, 2.45) is 0 Å². The van der Waals surface area contributed by atoms with Gasteiger partial charge >= 0.3 is 0 Å². The van der Waals surface area contributed by atoms with E-state index < -0.39 is 10.0 Å². The summed E-state index contributed by atoms with van der Waals surface area (Å²) in [4.78, 5) is 0.387. The molecule has 1 saturated heterocycles. The van der Waals surface area contributed by atoms with Crippen molar-refractivity contribution in [1.29, 1.82) is 0 Å². The molecule has 1 unspecified atom stereocenters. The molecule has 0 radical (unpaired) electrons. The molecule has 1 aromatic carbocycles. The highest BCUT2D eigenvalue weighted by Crippen LogP contribution is 2.32. The summed E-state index contributed by atoms with van der Waals surface area (Å²) in [5.74, 6) is 2.14. The van der Waals surface area contributed by atoms with Crippen molar-refractivity contribution >= 4 is 26.0 Å². The quantitative estimate of drug-likeness (QED) is 0.712. The molecule has 4 rings (SSSR count). The number of halogens is 1. The molecule has 1 atom stereocenters. The molecule has 0 bridgehead atoms. The summed E-state index contributed by atoms with van der Waals surface area (Å²) >= 11 is 3.40.